The van der Waals surface area contributed by atoms with Crippen LogP contribution < -0.4 is 15.1 Å². The molecule has 0 aliphatic heterocycles. The maximum atomic E-state index is 12.1. The van der Waals surface area contributed by atoms with Crippen LogP contribution in [0.25, 0.3) is 21.7 Å². The largest absolute Gasteiger partial charge is 0.504 e. The molecule has 3 aromatic rings. The molecular weight excluding hydrogens is 272 g/mol. The maximum Gasteiger partial charge on any atom is 0.344 e. The van der Waals surface area contributed by atoms with Crippen LogP contribution in [0.15, 0.2) is 33.5 Å². The Morgan fingerprint density at radius 2 is 1.67 bits per heavy atom. The lowest BCUT2D eigenvalue weighted by atomic mass is 10.0. The fourth-order valence-electron chi connectivity index (χ4n) is 2.61. The molecule has 0 aliphatic carbocycles. The molecular formula is C16H14O5. The van der Waals surface area contributed by atoms with E-state index in [0.717, 1.165) is 0 Å². The summed E-state index contributed by atoms with van der Waals surface area (Å²) in [6.45, 7) is 1.74. The van der Waals surface area contributed by atoms with Gasteiger partial charge in [-0.2, -0.15) is 0 Å². The summed E-state index contributed by atoms with van der Waals surface area (Å²) < 4.78 is 15.8. The molecule has 0 bridgehead atoms. The van der Waals surface area contributed by atoms with E-state index in [1.54, 1.807) is 19.1 Å². The van der Waals surface area contributed by atoms with E-state index in [-0.39, 0.29) is 22.8 Å². The number of aromatic hydroxyl groups is 1. The minimum absolute atomic E-state index is 0.0270. The smallest absolute Gasteiger partial charge is 0.344 e. The van der Waals surface area contributed by atoms with E-state index in [1.165, 1.54) is 14.2 Å². The standard InChI is InChI=1S/C16H14O5/c1-8-11-9-6-4-5-7-10(9)16(18)21-13(11)15(20-3)14(19-2)12(8)17/h4-7,17H,1-3H3. The molecule has 0 aliphatic rings. The quantitative estimate of drug-likeness (QED) is 0.579. The minimum atomic E-state index is -0.455. The van der Waals surface area contributed by atoms with Crippen LogP contribution in [0.4, 0.5) is 0 Å². The van der Waals surface area contributed by atoms with Crippen LogP contribution in [0.1, 0.15) is 5.56 Å². The number of hydrogen-bond acceptors (Lipinski definition) is 5. The summed E-state index contributed by atoms with van der Waals surface area (Å²) >= 11 is 0. The van der Waals surface area contributed by atoms with E-state index in [9.17, 15) is 9.90 Å². The van der Waals surface area contributed by atoms with Crippen LogP contribution in [0.2, 0.25) is 0 Å². The second kappa shape index (κ2) is 4.70. The van der Waals surface area contributed by atoms with Crippen molar-refractivity contribution in [2.75, 3.05) is 14.2 Å². The van der Waals surface area contributed by atoms with Crippen LogP contribution in [0, 0.1) is 6.92 Å². The highest BCUT2D eigenvalue weighted by molar-refractivity contribution is 6.09. The molecule has 1 N–H and O–H groups in total. The molecule has 0 unspecified atom stereocenters. The number of phenolic OH excluding ortho intramolecular Hbond substituents is 1. The van der Waals surface area contributed by atoms with Gasteiger partial charge in [0.2, 0.25) is 11.5 Å². The van der Waals surface area contributed by atoms with Crippen LogP contribution in [-0.4, -0.2) is 19.3 Å². The van der Waals surface area contributed by atoms with Gasteiger partial charge in [0.1, 0.15) is 0 Å². The van der Waals surface area contributed by atoms with Crippen LogP contribution in [0.5, 0.6) is 17.2 Å². The Hall–Kier alpha value is -2.69. The van der Waals surface area contributed by atoms with Crippen molar-refractivity contribution in [3.63, 3.8) is 0 Å². The van der Waals surface area contributed by atoms with Gasteiger partial charge < -0.3 is 19.0 Å². The molecule has 2 aromatic carbocycles. The fourth-order valence-corrected chi connectivity index (χ4v) is 2.61. The lowest BCUT2D eigenvalue weighted by Crippen LogP contribution is -2.03. The van der Waals surface area contributed by atoms with Gasteiger partial charge in [0.15, 0.2) is 11.3 Å². The summed E-state index contributed by atoms with van der Waals surface area (Å²) in [5, 5.41) is 12.1. The summed E-state index contributed by atoms with van der Waals surface area (Å²) in [7, 11) is 2.85. The van der Waals surface area contributed by atoms with Crippen molar-refractivity contribution >= 4 is 21.7 Å². The van der Waals surface area contributed by atoms with Crippen molar-refractivity contribution in [2.45, 2.75) is 6.92 Å². The number of hydrogen-bond donors (Lipinski definition) is 1. The Bertz CT molecular complexity index is 908. The summed E-state index contributed by atoms with van der Waals surface area (Å²) in [6.07, 6.45) is 0. The zero-order valence-electron chi connectivity index (χ0n) is 11.9. The van der Waals surface area contributed by atoms with Crippen molar-refractivity contribution in [1.29, 1.82) is 0 Å². The first kappa shape index (κ1) is 13.3. The van der Waals surface area contributed by atoms with E-state index in [0.29, 0.717) is 21.7 Å². The molecule has 5 heteroatoms. The molecule has 0 spiro atoms. The second-order valence-electron chi connectivity index (χ2n) is 4.68. The first-order valence-electron chi connectivity index (χ1n) is 6.39. The Morgan fingerprint density at radius 1 is 1.05 bits per heavy atom. The first-order chi connectivity index (χ1) is 10.1. The van der Waals surface area contributed by atoms with Crippen molar-refractivity contribution < 1.29 is 19.0 Å². The molecule has 0 saturated carbocycles. The third-order valence-corrected chi connectivity index (χ3v) is 3.60. The third-order valence-electron chi connectivity index (χ3n) is 3.60. The minimum Gasteiger partial charge on any atom is -0.504 e. The highest BCUT2D eigenvalue weighted by atomic mass is 16.5. The molecule has 1 heterocycles. The van der Waals surface area contributed by atoms with Gasteiger partial charge in [-0.1, -0.05) is 18.2 Å². The van der Waals surface area contributed by atoms with Crippen molar-refractivity contribution in [2.24, 2.45) is 0 Å². The molecule has 0 fully saturated rings. The number of phenols is 1. The summed E-state index contributed by atoms with van der Waals surface area (Å²) in [6, 6.07) is 7.09. The lowest BCUT2D eigenvalue weighted by molar-refractivity contribution is 0.330. The van der Waals surface area contributed by atoms with Crippen LogP contribution in [0.3, 0.4) is 0 Å². The molecule has 1 aromatic heterocycles. The number of rotatable bonds is 2. The second-order valence-corrected chi connectivity index (χ2v) is 4.68. The number of ether oxygens (including phenoxy) is 2. The summed E-state index contributed by atoms with van der Waals surface area (Å²) in [4.78, 5) is 12.1. The number of aryl methyl sites for hydroxylation is 1. The number of benzene rings is 2. The lowest BCUT2D eigenvalue weighted by Gasteiger charge is -2.15. The monoisotopic (exact) mass is 286 g/mol. The van der Waals surface area contributed by atoms with Gasteiger partial charge in [0.25, 0.3) is 0 Å². The Kier molecular flexibility index (Phi) is 2.97. The zero-order valence-corrected chi connectivity index (χ0v) is 11.9. The SMILES string of the molecule is COc1c(O)c(C)c2c(oc(=O)c3ccccc32)c1OC. The van der Waals surface area contributed by atoms with E-state index in [2.05, 4.69) is 0 Å². The molecule has 108 valence electrons. The molecule has 0 saturated heterocycles. The third kappa shape index (κ3) is 1.74. The van der Waals surface area contributed by atoms with Gasteiger partial charge >= 0.3 is 5.63 Å². The Morgan fingerprint density at radius 3 is 2.29 bits per heavy atom. The van der Waals surface area contributed by atoms with E-state index in [1.807, 2.05) is 12.1 Å². The number of fused-ring (bicyclic) bond motifs is 3. The average Bonchev–Trinajstić information content (AvgIpc) is 2.50. The topological polar surface area (TPSA) is 68.9 Å². The molecule has 0 amide bonds. The van der Waals surface area contributed by atoms with E-state index >= 15 is 0 Å². The fraction of sp³-hybridized carbons (Fsp3) is 0.188. The number of methoxy groups -OCH3 is 2. The van der Waals surface area contributed by atoms with Crippen LogP contribution in [-0.2, 0) is 0 Å². The van der Waals surface area contributed by atoms with E-state index < -0.39 is 5.63 Å². The first-order valence-corrected chi connectivity index (χ1v) is 6.39. The highest BCUT2D eigenvalue weighted by Crippen LogP contribution is 2.46. The Labute approximate surface area is 120 Å². The average molecular weight is 286 g/mol. The molecule has 0 atom stereocenters. The predicted octanol–water partition coefficient (Wildman–Crippen LogP) is 2.98. The van der Waals surface area contributed by atoms with Crippen molar-refractivity contribution in [1.82, 2.24) is 0 Å². The van der Waals surface area contributed by atoms with E-state index in [4.69, 9.17) is 13.9 Å². The van der Waals surface area contributed by atoms with Gasteiger partial charge in [0.05, 0.1) is 19.6 Å². The summed E-state index contributed by atoms with van der Waals surface area (Å²) in [5.74, 6) is 0.334. The van der Waals surface area contributed by atoms with Gasteiger partial charge in [-0.3, -0.25) is 0 Å². The normalized spacial score (nSPS) is 11.0. The molecule has 5 nitrogen and oxygen atoms in total. The van der Waals surface area contributed by atoms with Gasteiger partial charge in [-0.25, -0.2) is 4.79 Å². The molecule has 3 rings (SSSR count). The van der Waals surface area contributed by atoms with Crippen molar-refractivity contribution in [3.05, 3.63) is 40.2 Å². The van der Waals surface area contributed by atoms with Gasteiger partial charge in [0, 0.05) is 16.3 Å². The van der Waals surface area contributed by atoms with Crippen LogP contribution >= 0.6 is 0 Å². The zero-order chi connectivity index (χ0) is 15.1. The maximum absolute atomic E-state index is 12.1. The Balaban J connectivity index is 2.68. The van der Waals surface area contributed by atoms with Gasteiger partial charge in [-0.15, -0.1) is 0 Å². The molecule has 0 radical (unpaired) electrons. The van der Waals surface area contributed by atoms with Crippen molar-refractivity contribution in [3.8, 4) is 17.2 Å². The predicted molar refractivity (Wildman–Crippen MR) is 79.5 cm³/mol. The molecule has 21 heavy (non-hydrogen) atoms. The van der Waals surface area contributed by atoms with Gasteiger partial charge in [-0.05, 0) is 13.0 Å². The highest BCUT2D eigenvalue weighted by Gasteiger charge is 2.22. The summed E-state index contributed by atoms with van der Waals surface area (Å²) in [5.41, 5.74) is 0.388.